The van der Waals surface area contributed by atoms with Gasteiger partial charge in [-0.3, -0.25) is 14.4 Å². The number of carbonyl (C=O) groups excluding carboxylic acids is 2. The average Bonchev–Trinajstić information content (AvgIpc) is 3.66. The van der Waals surface area contributed by atoms with E-state index in [0.29, 0.717) is 36.1 Å². The summed E-state index contributed by atoms with van der Waals surface area (Å²) in [5, 5.41) is 12.9. The molecule has 48 heavy (non-hydrogen) atoms. The number of nitrogens with one attached hydrogen (secondary N) is 1. The summed E-state index contributed by atoms with van der Waals surface area (Å²) in [6.07, 6.45) is 11.7. The van der Waals surface area contributed by atoms with Crippen molar-refractivity contribution in [3.05, 3.63) is 36.3 Å². The van der Waals surface area contributed by atoms with Gasteiger partial charge in [0.05, 0.1) is 30.1 Å². The van der Waals surface area contributed by atoms with Crippen LogP contribution < -0.4 is 5.32 Å². The van der Waals surface area contributed by atoms with Gasteiger partial charge in [-0.1, -0.05) is 46.8 Å². The number of aliphatic carboxylic acids is 1. The number of allylic oxidation sites excluding steroid dienone is 1. The van der Waals surface area contributed by atoms with Crippen LogP contribution in [0.25, 0.3) is 0 Å². The van der Waals surface area contributed by atoms with E-state index in [4.69, 9.17) is 9.15 Å². The molecule has 6 rings (SSSR count). The Morgan fingerprint density at radius 2 is 1.69 bits per heavy atom. The molecule has 2 N–H and O–H groups in total. The van der Waals surface area contributed by atoms with Crippen molar-refractivity contribution in [3.63, 3.8) is 0 Å². The molecule has 1 aromatic rings. The monoisotopic (exact) mass is 663 g/mol. The van der Waals surface area contributed by atoms with Crippen molar-refractivity contribution in [2.24, 2.45) is 62.1 Å². The maximum absolute atomic E-state index is 14.3. The van der Waals surface area contributed by atoms with Gasteiger partial charge in [-0.05, 0) is 143 Å². The second kappa shape index (κ2) is 11.8. The first-order valence-corrected chi connectivity index (χ1v) is 18.7. The van der Waals surface area contributed by atoms with Gasteiger partial charge in [0, 0.05) is 5.41 Å². The molecule has 0 saturated heterocycles. The van der Waals surface area contributed by atoms with Crippen LogP contribution in [0.2, 0.25) is 0 Å². The van der Waals surface area contributed by atoms with E-state index in [1.807, 2.05) is 12.1 Å². The quantitative estimate of drug-likeness (QED) is 0.213. The van der Waals surface area contributed by atoms with Crippen LogP contribution >= 0.6 is 0 Å². The van der Waals surface area contributed by atoms with Crippen molar-refractivity contribution < 1.29 is 28.6 Å². The minimum Gasteiger partial charge on any atom is -0.481 e. The molecule has 5 saturated carbocycles. The van der Waals surface area contributed by atoms with Crippen LogP contribution in [0.4, 0.5) is 0 Å². The molecule has 1 aromatic heterocycles. The van der Waals surface area contributed by atoms with E-state index in [2.05, 4.69) is 53.4 Å². The number of esters is 1. The van der Waals surface area contributed by atoms with Gasteiger partial charge in [0.15, 0.2) is 0 Å². The van der Waals surface area contributed by atoms with Crippen molar-refractivity contribution in [1.29, 1.82) is 0 Å². The molecule has 0 aromatic carbocycles. The Kier molecular flexibility index (Phi) is 8.64. The third kappa shape index (κ3) is 5.13. The smallest absolute Gasteiger partial charge is 0.309 e. The van der Waals surface area contributed by atoms with E-state index in [1.165, 1.54) is 12.0 Å². The van der Waals surface area contributed by atoms with Crippen LogP contribution in [0.1, 0.15) is 132 Å². The first-order chi connectivity index (χ1) is 22.3. The third-order valence-electron chi connectivity index (χ3n) is 15.9. The van der Waals surface area contributed by atoms with Gasteiger partial charge in [-0.15, -0.1) is 0 Å². The van der Waals surface area contributed by atoms with Gasteiger partial charge >= 0.3 is 11.9 Å². The zero-order chi connectivity index (χ0) is 35.1. The largest absolute Gasteiger partial charge is 0.481 e. The lowest BCUT2D eigenvalue weighted by molar-refractivity contribution is -0.249. The molecular weight excluding hydrogens is 602 g/mol. The fraction of sp³-hybridized carbons (Fsp3) is 0.780. The van der Waals surface area contributed by atoms with Gasteiger partial charge < -0.3 is 19.6 Å². The highest BCUT2D eigenvalue weighted by Crippen LogP contribution is 2.77. The molecule has 7 nitrogen and oxygen atoms in total. The summed E-state index contributed by atoms with van der Waals surface area (Å²) in [5.41, 5.74) is -0.103. The molecule has 7 heteroatoms. The maximum atomic E-state index is 14.3. The molecule has 266 valence electrons. The number of rotatable bonds is 8. The van der Waals surface area contributed by atoms with E-state index in [0.717, 1.165) is 63.5 Å². The number of furan rings is 1. The van der Waals surface area contributed by atoms with Crippen molar-refractivity contribution in [2.45, 2.75) is 139 Å². The summed E-state index contributed by atoms with van der Waals surface area (Å²) in [6.45, 7) is 22.6. The first-order valence-electron chi connectivity index (χ1n) is 18.7. The highest BCUT2D eigenvalue weighted by molar-refractivity contribution is 5.84. The number of hydrogen-bond donors (Lipinski definition) is 2. The van der Waals surface area contributed by atoms with E-state index < -0.39 is 17.4 Å². The molecule has 5 fully saturated rings. The molecule has 0 bridgehead atoms. The Balaban J connectivity index is 1.25. The summed E-state index contributed by atoms with van der Waals surface area (Å²) in [7, 11) is 0. The Morgan fingerprint density at radius 1 is 0.958 bits per heavy atom. The van der Waals surface area contributed by atoms with Gasteiger partial charge in [0.1, 0.15) is 11.9 Å². The maximum Gasteiger partial charge on any atom is 0.309 e. The number of carbonyl (C=O) groups is 3. The molecule has 5 aliphatic carbocycles. The molecule has 1 heterocycles. The van der Waals surface area contributed by atoms with Crippen LogP contribution in [0, 0.1) is 62.1 Å². The zero-order valence-electron chi connectivity index (χ0n) is 30.9. The second-order valence-electron chi connectivity index (χ2n) is 18.8. The molecule has 5 aliphatic rings. The van der Waals surface area contributed by atoms with Gasteiger partial charge in [-0.2, -0.15) is 0 Å². The minimum absolute atomic E-state index is 0.117. The number of ether oxygens (including phenoxy) is 1. The van der Waals surface area contributed by atoms with Crippen LogP contribution in [0.15, 0.2) is 35.0 Å². The van der Waals surface area contributed by atoms with E-state index >= 15 is 0 Å². The Morgan fingerprint density at radius 3 is 2.33 bits per heavy atom. The summed E-state index contributed by atoms with van der Waals surface area (Å²) < 4.78 is 11.7. The lowest BCUT2D eigenvalue weighted by Crippen LogP contribution is -2.67. The van der Waals surface area contributed by atoms with E-state index in [-0.39, 0.29) is 45.5 Å². The fourth-order valence-corrected chi connectivity index (χ4v) is 13.1. The summed E-state index contributed by atoms with van der Waals surface area (Å²) in [4.78, 5) is 39.0. The second-order valence-corrected chi connectivity index (χ2v) is 18.8. The van der Waals surface area contributed by atoms with Crippen LogP contribution in [-0.4, -0.2) is 29.1 Å². The minimum atomic E-state index is -1.15. The molecule has 0 spiro atoms. The fourth-order valence-electron chi connectivity index (χ4n) is 13.1. The zero-order valence-corrected chi connectivity index (χ0v) is 30.9. The van der Waals surface area contributed by atoms with E-state index in [1.54, 1.807) is 20.1 Å². The predicted octanol–water partition coefficient (Wildman–Crippen LogP) is 8.97. The number of carboxylic acid groups (broad SMARTS) is 1. The third-order valence-corrected chi connectivity index (χ3v) is 15.9. The van der Waals surface area contributed by atoms with Gasteiger partial charge in [0.25, 0.3) is 0 Å². The first kappa shape index (κ1) is 35.3. The van der Waals surface area contributed by atoms with Gasteiger partial charge in [0.2, 0.25) is 5.91 Å². The highest BCUT2D eigenvalue weighted by atomic mass is 16.5. The Hall–Kier alpha value is -2.57. The summed E-state index contributed by atoms with van der Waals surface area (Å²) in [6, 6.07) is 3.80. The highest BCUT2D eigenvalue weighted by Gasteiger charge is 2.72. The number of fused-ring (bicyclic) bond motifs is 7. The number of hydrogen-bond acceptors (Lipinski definition) is 5. The molecule has 7 unspecified atom stereocenters. The predicted molar refractivity (Wildman–Crippen MR) is 185 cm³/mol. The van der Waals surface area contributed by atoms with E-state index in [9.17, 15) is 19.5 Å². The SMILES string of the molecule is C=C(C)[C@@H]1CCC2(C(=O)NCc3ccco3)CC[C@]3(C)C(CCC4C3(C)CCC3C(C)(C)C(OC(=O)CC(C)(C)C(=O)O)CC[C@@]34C)C12. The van der Waals surface area contributed by atoms with Crippen molar-refractivity contribution >= 4 is 17.8 Å². The number of carboxylic acids is 1. The Bertz CT molecular complexity index is 1440. The van der Waals surface area contributed by atoms with Gasteiger partial charge in [-0.25, -0.2) is 0 Å². The number of amides is 1. The van der Waals surface area contributed by atoms with Crippen LogP contribution in [0.5, 0.6) is 0 Å². The topological polar surface area (TPSA) is 106 Å². The lowest BCUT2D eigenvalue weighted by atomic mass is 9.32. The molecule has 10 atom stereocenters. The molecule has 1 amide bonds. The molecule has 0 radical (unpaired) electrons. The standard InChI is InChI=1S/C41H61NO6/c1-25(2)27-14-19-41(34(44)42-24-26-11-10-22-47-26)21-20-39(8)28(33(27)41)12-13-30-38(7)17-16-31(48-32(43)23-36(3,4)35(45)46)37(5,6)29(38)15-18-40(30,39)9/h10-11,22,27-31,33H,1,12-21,23-24H2,2-9H3,(H,42,44)(H,45,46)/t27-,28?,29?,30?,31?,33?,38-,39+,40?,41?/m0/s1. The van der Waals surface area contributed by atoms with Crippen molar-refractivity contribution in [2.75, 3.05) is 0 Å². The average molecular weight is 664 g/mol. The van der Waals surface area contributed by atoms with Crippen molar-refractivity contribution in [3.8, 4) is 0 Å². The summed E-state index contributed by atoms with van der Waals surface area (Å²) >= 11 is 0. The van der Waals surface area contributed by atoms with Crippen molar-refractivity contribution in [1.82, 2.24) is 5.32 Å². The molecule has 0 aliphatic heterocycles. The van der Waals surface area contributed by atoms with Crippen LogP contribution in [0.3, 0.4) is 0 Å². The lowest BCUT2D eigenvalue weighted by Gasteiger charge is -2.72. The summed E-state index contributed by atoms with van der Waals surface area (Å²) in [5.74, 6) is 1.71. The van der Waals surface area contributed by atoms with Crippen LogP contribution in [-0.2, 0) is 25.7 Å². The molecular formula is C41H61NO6. The Labute approximate surface area is 288 Å². The normalized spacial score (nSPS) is 41.6.